The highest BCUT2D eigenvalue weighted by molar-refractivity contribution is 6.04. The van der Waals surface area contributed by atoms with Crippen molar-refractivity contribution in [3.63, 3.8) is 0 Å². The first kappa shape index (κ1) is 17.6. The Morgan fingerprint density at radius 2 is 1.79 bits per heavy atom. The molecule has 0 saturated heterocycles. The molecule has 2 aromatic carbocycles. The van der Waals surface area contributed by atoms with Gasteiger partial charge >= 0.3 is 0 Å². The summed E-state index contributed by atoms with van der Waals surface area (Å²) in [4.78, 5) is 8.69. The van der Waals surface area contributed by atoms with Crippen molar-refractivity contribution < 1.29 is 8.78 Å². The fourth-order valence-corrected chi connectivity index (χ4v) is 3.14. The number of aromatic nitrogens is 2. The summed E-state index contributed by atoms with van der Waals surface area (Å²) in [6.45, 7) is 0.427. The first-order chi connectivity index (χ1) is 13.7. The van der Waals surface area contributed by atoms with Crippen molar-refractivity contribution in [2.24, 2.45) is 0 Å². The second-order valence-corrected chi connectivity index (χ2v) is 6.19. The van der Waals surface area contributed by atoms with Gasteiger partial charge in [0.2, 0.25) is 0 Å². The van der Waals surface area contributed by atoms with E-state index in [1.54, 1.807) is 24.5 Å². The number of benzene rings is 2. The Hall–Kier alpha value is -3.85. The van der Waals surface area contributed by atoms with Crippen LogP contribution in [0.25, 0.3) is 21.9 Å². The summed E-state index contributed by atoms with van der Waals surface area (Å²) in [6, 6.07) is 16.3. The molecule has 136 valence electrons. The number of hydrogen-bond donors (Lipinski definition) is 1. The second-order valence-electron chi connectivity index (χ2n) is 6.19. The van der Waals surface area contributed by atoms with Crippen molar-refractivity contribution in [3.8, 4) is 17.2 Å². The van der Waals surface area contributed by atoms with Crippen LogP contribution in [0.2, 0.25) is 0 Å². The fraction of sp³-hybridized carbons (Fsp3) is 0.0455. The second kappa shape index (κ2) is 7.41. The highest BCUT2D eigenvalue weighted by atomic mass is 19.1. The average Bonchev–Trinajstić information content (AvgIpc) is 2.71. The number of rotatable bonds is 4. The van der Waals surface area contributed by atoms with Crippen molar-refractivity contribution in [3.05, 3.63) is 89.9 Å². The van der Waals surface area contributed by atoms with E-state index >= 15 is 0 Å². The van der Waals surface area contributed by atoms with Gasteiger partial charge in [-0.3, -0.25) is 4.98 Å². The molecule has 1 N–H and O–H groups in total. The molecule has 0 atom stereocenters. The summed E-state index contributed by atoms with van der Waals surface area (Å²) < 4.78 is 27.4. The van der Waals surface area contributed by atoms with E-state index < -0.39 is 11.6 Å². The fourth-order valence-electron chi connectivity index (χ4n) is 3.14. The van der Waals surface area contributed by atoms with E-state index in [4.69, 9.17) is 0 Å². The molecule has 0 bridgehead atoms. The Morgan fingerprint density at radius 1 is 0.964 bits per heavy atom. The maximum absolute atomic E-state index is 13.7. The molecule has 28 heavy (non-hydrogen) atoms. The molecular formula is C22H14F2N4. The molecule has 0 spiro atoms. The van der Waals surface area contributed by atoms with E-state index in [9.17, 15) is 14.0 Å². The molecule has 0 aliphatic heterocycles. The number of nitriles is 1. The first-order valence-corrected chi connectivity index (χ1v) is 8.58. The molecule has 0 fully saturated rings. The van der Waals surface area contributed by atoms with Gasteiger partial charge in [-0.15, -0.1) is 0 Å². The van der Waals surface area contributed by atoms with Gasteiger partial charge in [0, 0.05) is 29.4 Å². The standard InChI is InChI=1S/C22H14F2N4/c23-16-8-15(9-17(24)10-16)20-13-28-22(27-12-18-5-1-2-7-26-18)21-14(11-25)4-3-6-19(20)21/h1-10,13H,12H2,(H,27,28). The molecule has 6 heteroatoms. The molecule has 0 amide bonds. The van der Waals surface area contributed by atoms with Crippen molar-refractivity contribution in [1.82, 2.24) is 9.97 Å². The topological polar surface area (TPSA) is 61.6 Å². The number of fused-ring (bicyclic) bond motifs is 1. The minimum Gasteiger partial charge on any atom is -0.364 e. The summed E-state index contributed by atoms with van der Waals surface area (Å²) in [6.07, 6.45) is 3.25. The van der Waals surface area contributed by atoms with Gasteiger partial charge in [-0.1, -0.05) is 18.2 Å². The number of hydrogen-bond acceptors (Lipinski definition) is 4. The Bertz CT molecular complexity index is 1180. The minimum absolute atomic E-state index is 0.362. The molecule has 4 nitrogen and oxygen atoms in total. The van der Waals surface area contributed by atoms with Crippen LogP contribution < -0.4 is 5.32 Å². The van der Waals surface area contributed by atoms with Gasteiger partial charge in [0.15, 0.2) is 0 Å². The highest BCUT2D eigenvalue weighted by Gasteiger charge is 2.14. The number of anilines is 1. The molecule has 0 saturated carbocycles. The lowest BCUT2D eigenvalue weighted by molar-refractivity contribution is 0.584. The van der Waals surface area contributed by atoms with Crippen molar-refractivity contribution in [2.75, 3.05) is 5.32 Å². The first-order valence-electron chi connectivity index (χ1n) is 8.58. The lowest BCUT2D eigenvalue weighted by atomic mass is 9.97. The molecule has 0 aliphatic rings. The summed E-state index contributed by atoms with van der Waals surface area (Å²) in [5, 5.41) is 14.0. The van der Waals surface area contributed by atoms with Crippen molar-refractivity contribution in [2.45, 2.75) is 6.54 Å². The van der Waals surface area contributed by atoms with Crippen molar-refractivity contribution >= 4 is 16.6 Å². The molecule has 0 unspecified atom stereocenters. The Morgan fingerprint density at radius 3 is 2.50 bits per heavy atom. The van der Waals surface area contributed by atoms with Crippen LogP contribution in [0.5, 0.6) is 0 Å². The van der Waals surface area contributed by atoms with Crippen LogP contribution in [-0.2, 0) is 6.54 Å². The van der Waals surface area contributed by atoms with Crippen LogP contribution in [0.3, 0.4) is 0 Å². The molecule has 2 aromatic heterocycles. The van der Waals surface area contributed by atoms with Crippen LogP contribution in [0.15, 0.2) is 67.0 Å². The van der Waals surface area contributed by atoms with E-state index in [2.05, 4.69) is 21.4 Å². The van der Waals surface area contributed by atoms with Crippen LogP contribution in [0.1, 0.15) is 11.3 Å². The zero-order valence-electron chi connectivity index (χ0n) is 14.7. The van der Waals surface area contributed by atoms with Gasteiger partial charge in [0.1, 0.15) is 17.5 Å². The smallest absolute Gasteiger partial charge is 0.135 e. The van der Waals surface area contributed by atoms with Gasteiger partial charge in [-0.25, -0.2) is 13.8 Å². The van der Waals surface area contributed by atoms with E-state index in [0.717, 1.165) is 11.8 Å². The number of nitrogens with zero attached hydrogens (tertiary/aromatic N) is 3. The van der Waals surface area contributed by atoms with Gasteiger partial charge in [-0.05, 0) is 41.3 Å². The van der Waals surface area contributed by atoms with Crippen molar-refractivity contribution in [1.29, 1.82) is 5.26 Å². The average molecular weight is 372 g/mol. The quantitative estimate of drug-likeness (QED) is 0.544. The zero-order chi connectivity index (χ0) is 19.5. The van der Waals surface area contributed by atoms with Gasteiger partial charge < -0.3 is 5.32 Å². The maximum atomic E-state index is 13.7. The maximum Gasteiger partial charge on any atom is 0.135 e. The highest BCUT2D eigenvalue weighted by Crippen LogP contribution is 2.34. The third kappa shape index (κ3) is 3.38. The third-order valence-electron chi connectivity index (χ3n) is 4.37. The van der Waals surface area contributed by atoms with E-state index in [-0.39, 0.29) is 0 Å². The van der Waals surface area contributed by atoms with Gasteiger partial charge in [-0.2, -0.15) is 5.26 Å². The lowest BCUT2D eigenvalue weighted by Crippen LogP contribution is -2.04. The van der Waals surface area contributed by atoms with Gasteiger partial charge in [0.05, 0.1) is 23.9 Å². The SMILES string of the molecule is N#Cc1cccc2c(-c3cc(F)cc(F)c3)cnc(NCc3ccccn3)c12. The molecular weight excluding hydrogens is 358 g/mol. The molecule has 4 aromatic rings. The number of nitrogens with one attached hydrogen (secondary N) is 1. The minimum atomic E-state index is -0.669. The summed E-state index contributed by atoms with van der Waals surface area (Å²) in [5.74, 6) is -0.827. The number of pyridine rings is 2. The number of halogens is 2. The molecule has 2 heterocycles. The summed E-state index contributed by atoms with van der Waals surface area (Å²) in [7, 11) is 0. The largest absolute Gasteiger partial charge is 0.364 e. The lowest BCUT2D eigenvalue weighted by Gasteiger charge is -2.13. The normalized spacial score (nSPS) is 10.6. The Balaban J connectivity index is 1.85. The van der Waals surface area contributed by atoms with E-state index in [1.165, 1.54) is 12.1 Å². The zero-order valence-corrected chi connectivity index (χ0v) is 14.7. The predicted molar refractivity (Wildman–Crippen MR) is 103 cm³/mol. The van der Waals surface area contributed by atoms with E-state index in [1.807, 2.05) is 24.3 Å². The van der Waals surface area contributed by atoms with Crippen LogP contribution in [0, 0.1) is 23.0 Å². The molecule has 0 radical (unpaired) electrons. The Kier molecular flexibility index (Phi) is 4.65. The third-order valence-corrected chi connectivity index (χ3v) is 4.37. The van der Waals surface area contributed by atoms with Crippen LogP contribution >= 0.6 is 0 Å². The van der Waals surface area contributed by atoms with Gasteiger partial charge in [0.25, 0.3) is 0 Å². The monoisotopic (exact) mass is 372 g/mol. The predicted octanol–water partition coefficient (Wildman–Crippen LogP) is 5.06. The van der Waals surface area contributed by atoms with Crippen LogP contribution in [-0.4, -0.2) is 9.97 Å². The molecule has 4 rings (SSSR count). The summed E-state index contributed by atoms with van der Waals surface area (Å²) in [5.41, 5.74) is 2.16. The molecule has 0 aliphatic carbocycles. The summed E-state index contributed by atoms with van der Waals surface area (Å²) >= 11 is 0. The van der Waals surface area contributed by atoms with E-state index in [0.29, 0.717) is 39.8 Å². The van der Waals surface area contributed by atoms with Crippen LogP contribution in [0.4, 0.5) is 14.6 Å². The Labute approximate surface area is 160 Å².